The Morgan fingerprint density at radius 1 is 1.28 bits per heavy atom. The molecule has 0 radical (unpaired) electrons. The van der Waals surface area contributed by atoms with Gasteiger partial charge >= 0.3 is 4.87 Å². The number of hydrogen-bond donors (Lipinski definition) is 1. The second kappa shape index (κ2) is 8.10. The molecule has 2 unspecified atom stereocenters. The molecule has 2 aliphatic rings. The number of aromatic nitrogens is 1. The van der Waals surface area contributed by atoms with E-state index in [2.05, 4.69) is 5.32 Å². The minimum Gasteiger partial charge on any atom is -0.493 e. The summed E-state index contributed by atoms with van der Waals surface area (Å²) in [4.78, 5) is 37.0. The third kappa shape index (κ3) is 3.69. The number of nitrogens with one attached hydrogen (secondary N) is 1. The van der Waals surface area contributed by atoms with Crippen LogP contribution >= 0.6 is 23.1 Å². The highest BCUT2D eigenvalue weighted by atomic mass is 32.2. The standard InChI is InChI=1S/C22H19N3O5S2/c1-12-2-4-14(5-3-12)23-18(26)9-24-21-20(32-22(24)27)19-13(11-31-21)10-30-17-7-6-15(25(28)29)8-16(17)19/h2-8,13,19H,9-11H2,1H3,(H,23,26). The maximum absolute atomic E-state index is 12.8. The number of fused-ring (bicyclic) bond motifs is 5. The number of ether oxygens (including phenoxy) is 1. The predicted molar refractivity (Wildman–Crippen MR) is 123 cm³/mol. The van der Waals surface area contributed by atoms with E-state index in [0.717, 1.165) is 32.4 Å². The highest BCUT2D eigenvalue weighted by Gasteiger charge is 2.40. The Morgan fingerprint density at radius 3 is 2.81 bits per heavy atom. The summed E-state index contributed by atoms with van der Waals surface area (Å²) in [7, 11) is 0. The van der Waals surface area contributed by atoms with E-state index in [1.54, 1.807) is 12.1 Å². The van der Waals surface area contributed by atoms with Crippen LogP contribution in [0, 0.1) is 23.0 Å². The molecule has 32 heavy (non-hydrogen) atoms. The first kappa shape index (κ1) is 20.8. The Balaban J connectivity index is 1.47. The predicted octanol–water partition coefficient (Wildman–Crippen LogP) is 4.01. The Labute approximate surface area is 191 Å². The van der Waals surface area contributed by atoms with Crippen LogP contribution in [0.1, 0.15) is 21.9 Å². The van der Waals surface area contributed by atoms with Gasteiger partial charge in [-0.15, -0.1) is 11.8 Å². The summed E-state index contributed by atoms with van der Waals surface area (Å²) in [5.41, 5.74) is 2.50. The number of hydrogen-bond acceptors (Lipinski definition) is 7. The van der Waals surface area contributed by atoms with Gasteiger partial charge in [-0.25, -0.2) is 0 Å². The largest absolute Gasteiger partial charge is 0.493 e. The van der Waals surface area contributed by atoms with Crippen LogP contribution in [0.25, 0.3) is 0 Å². The van der Waals surface area contributed by atoms with Crippen LogP contribution in [0.2, 0.25) is 0 Å². The Hall–Kier alpha value is -3.11. The average molecular weight is 470 g/mol. The Morgan fingerprint density at radius 2 is 2.06 bits per heavy atom. The number of anilines is 1. The van der Waals surface area contributed by atoms with Crippen LogP contribution in [0.5, 0.6) is 5.75 Å². The maximum atomic E-state index is 12.8. The average Bonchev–Trinajstić information content (AvgIpc) is 3.09. The molecule has 0 fully saturated rings. The molecule has 0 spiro atoms. The zero-order chi connectivity index (χ0) is 22.4. The van der Waals surface area contributed by atoms with Gasteiger partial charge in [-0.3, -0.25) is 24.3 Å². The third-order valence-electron chi connectivity index (χ3n) is 5.69. The van der Waals surface area contributed by atoms with Crippen molar-refractivity contribution in [3.05, 3.63) is 78.3 Å². The van der Waals surface area contributed by atoms with Crippen molar-refractivity contribution in [2.24, 2.45) is 5.92 Å². The van der Waals surface area contributed by atoms with Gasteiger partial charge in [-0.05, 0) is 25.1 Å². The lowest BCUT2D eigenvalue weighted by Gasteiger charge is -2.36. The molecule has 2 atom stereocenters. The van der Waals surface area contributed by atoms with E-state index in [0.29, 0.717) is 23.8 Å². The number of carbonyl (C=O) groups excluding carboxylic acids is 1. The monoisotopic (exact) mass is 469 g/mol. The van der Waals surface area contributed by atoms with E-state index in [-0.39, 0.29) is 34.8 Å². The number of nitro groups is 1. The zero-order valence-corrected chi connectivity index (χ0v) is 18.7. The van der Waals surface area contributed by atoms with Gasteiger partial charge in [0.15, 0.2) is 0 Å². The van der Waals surface area contributed by atoms with E-state index in [1.165, 1.54) is 22.4 Å². The van der Waals surface area contributed by atoms with E-state index in [9.17, 15) is 19.7 Å². The van der Waals surface area contributed by atoms with E-state index in [4.69, 9.17) is 4.74 Å². The summed E-state index contributed by atoms with van der Waals surface area (Å²) < 4.78 is 7.35. The molecule has 0 saturated heterocycles. The fraction of sp³-hybridized carbons (Fsp3) is 0.273. The highest BCUT2D eigenvalue weighted by molar-refractivity contribution is 7.99. The number of carbonyl (C=O) groups is 1. The summed E-state index contributed by atoms with van der Waals surface area (Å²) in [5.74, 6) is 0.987. The first-order valence-electron chi connectivity index (χ1n) is 10.0. The van der Waals surface area contributed by atoms with Gasteiger partial charge in [-0.1, -0.05) is 29.0 Å². The molecule has 0 bridgehead atoms. The first-order chi connectivity index (χ1) is 15.4. The fourth-order valence-electron chi connectivity index (χ4n) is 4.13. The number of amides is 1. The van der Waals surface area contributed by atoms with Gasteiger partial charge in [0, 0.05) is 45.8 Å². The summed E-state index contributed by atoms with van der Waals surface area (Å²) in [6, 6.07) is 12.1. The molecule has 0 aliphatic carbocycles. The summed E-state index contributed by atoms with van der Waals surface area (Å²) in [6.45, 7) is 2.37. The normalized spacial score (nSPS) is 18.7. The lowest BCUT2D eigenvalue weighted by atomic mass is 9.83. The van der Waals surface area contributed by atoms with Crippen molar-refractivity contribution in [3.63, 3.8) is 0 Å². The van der Waals surface area contributed by atoms with Crippen molar-refractivity contribution in [1.29, 1.82) is 0 Å². The second-order valence-corrected chi connectivity index (χ2v) is 9.88. The number of thioether (sulfide) groups is 1. The molecule has 164 valence electrons. The first-order valence-corrected chi connectivity index (χ1v) is 11.8. The van der Waals surface area contributed by atoms with Crippen LogP contribution in [0.3, 0.4) is 0 Å². The van der Waals surface area contributed by atoms with Crippen molar-refractivity contribution in [2.45, 2.75) is 24.4 Å². The van der Waals surface area contributed by atoms with Crippen molar-refractivity contribution < 1.29 is 14.5 Å². The summed E-state index contributed by atoms with van der Waals surface area (Å²) in [5, 5.41) is 14.9. The smallest absolute Gasteiger partial charge is 0.308 e. The highest BCUT2D eigenvalue weighted by Crippen LogP contribution is 2.51. The third-order valence-corrected chi connectivity index (χ3v) is 8.19. The number of aryl methyl sites for hydroxylation is 1. The SMILES string of the molecule is Cc1ccc(NC(=O)Cn2c3c(sc2=O)C2c4cc([N+](=O)[O-])ccc4OCC2CS3)cc1. The molecule has 1 N–H and O–H groups in total. The van der Waals surface area contributed by atoms with Crippen LogP contribution in [-0.4, -0.2) is 27.8 Å². The minimum absolute atomic E-state index is 0.00275. The summed E-state index contributed by atoms with van der Waals surface area (Å²) >= 11 is 2.65. The molecule has 1 amide bonds. The Kier molecular flexibility index (Phi) is 5.26. The molecule has 3 heterocycles. The summed E-state index contributed by atoms with van der Waals surface area (Å²) in [6.07, 6.45) is 0. The van der Waals surface area contributed by atoms with Gasteiger partial charge in [0.25, 0.3) is 5.69 Å². The maximum Gasteiger partial charge on any atom is 0.308 e. The number of benzene rings is 2. The van der Waals surface area contributed by atoms with E-state index < -0.39 is 4.92 Å². The second-order valence-electron chi connectivity index (χ2n) is 7.88. The lowest BCUT2D eigenvalue weighted by Crippen LogP contribution is -2.31. The molecule has 2 aliphatic heterocycles. The number of non-ortho nitro benzene ring substituents is 1. The molecule has 0 saturated carbocycles. The van der Waals surface area contributed by atoms with Gasteiger partial charge in [0.05, 0.1) is 16.6 Å². The Bertz CT molecular complexity index is 1280. The molecule has 5 rings (SSSR count). The fourth-order valence-corrected chi connectivity index (χ4v) is 6.82. The quantitative estimate of drug-likeness (QED) is 0.457. The zero-order valence-electron chi connectivity index (χ0n) is 17.1. The molecule has 1 aromatic heterocycles. The van der Waals surface area contributed by atoms with Gasteiger partial charge in [0.2, 0.25) is 5.91 Å². The molecule has 2 aromatic carbocycles. The number of nitro benzene ring substituents is 1. The topological polar surface area (TPSA) is 103 Å². The van der Waals surface area contributed by atoms with Crippen LogP contribution in [0.15, 0.2) is 52.3 Å². The number of rotatable bonds is 4. The van der Waals surface area contributed by atoms with Crippen LogP contribution in [0.4, 0.5) is 11.4 Å². The lowest BCUT2D eigenvalue weighted by molar-refractivity contribution is -0.385. The van der Waals surface area contributed by atoms with Crippen LogP contribution in [-0.2, 0) is 11.3 Å². The van der Waals surface area contributed by atoms with E-state index >= 15 is 0 Å². The van der Waals surface area contributed by atoms with Crippen molar-refractivity contribution in [3.8, 4) is 5.75 Å². The number of thiazole rings is 1. The van der Waals surface area contributed by atoms with E-state index in [1.807, 2.05) is 31.2 Å². The molecular formula is C22H19N3O5S2. The molecule has 10 heteroatoms. The molecule has 8 nitrogen and oxygen atoms in total. The number of nitrogens with zero attached hydrogens (tertiary/aromatic N) is 2. The van der Waals surface area contributed by atoms with Crippen molar-refractivity contribution >= 4 is 40.4 Å². The molecule has 3 aromatic rings. The molecular weight excluding hydrogens is 450 g/mol. The minimum atomic E-state index is -0.425. The van der Waals surface area contributed by atoms with Crippen molar-refractivity contribution in [1.82, 2.24) is 4.57 Å². The van der Waals surface area contributed by atoms with Crippen molar-refractivity contribution in [2.75, 3.05) is 17.7 Å². The van der Waals surface area contributed by atoms with Gasteiger partial charge in [0.1, 0.15) is 12.3 Å². The van der Waals surface area contributed by atoms with Crippen LogP contribution < -0.4 is 14.9 Å². The van der Waals surface area contributed by atoms with Gasteiger partial charge in [-0.2, -0.15) is 0 Å². The van der Waals surface area contributed by atoms with Gasteiger partial charge < -0.3 is 10.1 Å².